The molecule has 22 heavy (non-hydrogen) atoms. The van der Waals surface area contributed by atoms with Gasteiger partial charge in [-0.3, -0.25) is 9.59 Å². The molecule has 0 bridgehead atoms. The van der Waals surface area contributed by atoms with E-state index in [4.69, 9.17) is 0 Å². The molecule has 1 unspecified atom stereocenters. The van der Waals surface area contributed by atoms with Gasteiger partial charge >= 0.3 is 0 Å². The monoisotopic (exact) mass is 308 g/mol. The summed E-state index contributed by atoms with van der Waals surface area (Å²) < 4.78 is 14.1. The van der Waals surface area contributed by atoms with Crippen molar-refractivity contribution in [2.24, 2.45) is 5.92 Å². The second-order valence-corrected chi connectivity index (χ2v) is 6.23. The molecule has 0 saturated heterocycles. The number of carbonyl (C=O) groups excluding carboxylic acids is 2. The Balaban J connectivity index is 2.15. The molecule has 6 heteroatoms. The number of aryl methyl sites for hydroxylation is 1. The van der Waals surface area contributed by atoms with E-state index in [1.165, 1.54) is 12.1 Å². The van der Waals surface area contributed by atoms with Crippen LogP contribution in [0.4, 0.5) is 10.1 Å². The summed E-state index contributed by atoms with van der Waals surface area (Å²) >= 11 is 0. The number of anilines is 1. The maximum Gasteiger partial charge on any atom is 0.254 e. The van der Waals surface area contributed by atoms with Crippen molar-refractivity contribution < 1.29 is 19.1 Å². The van der Waals surface area contributed by atoms with Crippen molar-refractivity contribution in [2.45, 2.75) is 39.2 Å². The highest BCUT2D eigenvalue weighted by Crippen LogP contribution is 2.26. The van der Waals surface area contributed by atoms with Crippen molar-refractivity contribution in [1.29, 1.82) is 0 Å². The number of halogens is 1. The highest BCUT2D eigenvalue weighted by atomic mass is 19.1. The Hall–Kier alpha value is -1.95. The van der Waals surface area contributed by atoms with Gasteiger partial charge in [-0.1, -0.05) is 13.8 Å². The predicted octanol–water partition coefficient (Wildman–Crippen LogP) is 1.85. The van der Waals surface area contributed by atoms with Gasteiger partial charge in [-0.05, 0) is 37.0 Å². The molecule has 1 aromatic carbocycles. The van der Waals surface area contributed by atoms with Crippen LogP contribution in [0.5, 0.6) is 0 Å². The van der Waals surface area contributed by atoms with Crippen LogP contribution >= 0.6 is 0 Å². The first kappa shape index (κ1) is 16.4. The van der Waals surface area contributed by atoms with E-state index in [1.54, 1.807) is 6.92 Å². The van der Waals surface area contributed by atoms with Crippen molar-refractivity contribution in [3.05, 3.63) is 29.1 Å². The zero-order chi connectivity index (χ0) is 16.5. The van der Waals surface area contributed by atoms with Gasteiger partial charge < -0.3 is 15.7 Å². The molecule has 1 heterocycles. The van der Waals surface area contributed by atoms with Crippen molar-refractivity contribution >= 4 is 17.5 Å². The molecule has 0 fully saturated rings. The fourth-order valence-corrected chi connectivity index (χ4v) is 2.13. The molecule has 0 spiro atoms. The van der Waals surface area contributed by atoms with Crippen molar-refractivity contribution in [3.8, 4) is 0 Å². The second-order valence-electron chi connectivity index (χ2n) is 6.23. The van der Waals surface area contributed by atoms with Gasteiger partial charge in [0.15, 0.2) is 0 Å². The summed E-state index contributed by atoms with van der Waals surface area (Å²) in [5.41, 5.74) is 0.0182. The van der Waals surface area contributed by atoms with Crippen LogP contribution in [-0.4, -0.2) is 29.1 Å². The van der Waals surface area contributed by atoms with Gasteiger partial charge in [-0.2, -0.15) is 0 Å². The molecule has 3 N–H and O–H groups in total. The number of hydrogen-bond acceptors (Lipinski definition) is 3. The van der Waals surface area contributed by atoms with E-state index in [0.29, 0.717) is 18.5 Å². The van der Waals surface area contributed by atoms with Gasteiger partial charge in [0.1, 0.15) is 5.82 Å². The number of fused-ring (bicyclic) bond motifs is 1. The SMILES string of the molecule is CC(C)C(C)(O)CNC(=O)c1cc2c(cc1F)NC(=O)CC2. The zero-order valence-corrected chi connectivity index (χ0v) is 13.0. The van der Waals surface area contributed by atoms with Crippen LogP contribution in [0.1, 0.15) is 43.1 Å². The fraction of sp³-hybridized carbons (Fsp3) is 0.500. The summed E-state index contributed by atoms with van der Waals surface area (Å²) in [6, 6.07) is 2.63. The maximum absolute atomic E-state index is 14.1. The predicted molar refractivity (Wildman–Crippen MR) is 81.1 cm³/mol. The number of carbonyl (C=O) groups is 2. The van der Waals surface area contributed by atoms with E-state index in [1.807, 2.05) is 13.8 Å². The lowest BCUT2D eigenvalue weighted by Gasteiger charge is -2.28. The third-order valence-corrected chi connectivity index (χ3v) is 4.18. The largest absolute Gasteiger partial charge is 0.388 e. The van der Waals surface area contributed by atoms with Crippen LogP contribution < -0.4 is 10.6 Å². The average Bonchev–Trinajstić information content (AvgIpc) is 2.43. The first-order chi connectivity index (χ1) is 10.2. The Morgan fingerprint density at radius 2 is 2.14 bits per heavy atom. The lowest BCUT2D eigenvalue weighted by molar-refractivity contribution is -0.116. The van der Waals surface area contributed by atoms with Gasteiger partial charge in [0.2, 0.25) is 5.91 Å². The minimum atomic E-state index is -1.06. The third-order valence-electron chi connectivity index (χ3n) is 4.18. The summed E-state index contributed by atoms with van der Waals surface area (Å²) in [4.78, 5) is 23.4. The van der Waals surface area contributed by atoms with Crippen LogP contribution in [0, 0.1) is 11.7 Å². The van der Waals surface area contributed by atoms with Gasteiger partial charge in [0.25, 0.3) is 5.91 Å². The quantitative estimate of drug-likeness (QED) is 0.794. The average molecular weight is 308 g/mol. The van der Waals surface area contributed by atoms with E-state index in [2.05, 4.69) is 10.6 Å². The number of nitrogens with one attached hydrogen (secondary N) is 2. The van der Waals surface area contributed by atoms with E-state index >= 15 is 0 Å². The Labute approximate surface area is 128 Å². The first-order valence-electron chi connectivity index (χ1n) is 7.33. The molecule has 1 atom stereocenters. The summed E-state index contributed by atoms with van der Waals surface area (Å²) in [5.74, 6) is -1.46. The number of hydrogen-bond donors (Lipinski definition) is 3. The fourth-order valence-electron chi connectivity index (χ4n) is 2.13. The van der Waals surface area contributed by atoms with Gasteiger partial charge in [0.05, 0.1) is 11.2 Å². The van der Waals surface area contributed by atoms with Crippen LogP contribution in [-0.2, 0) is 11.2 Å². The maximum atomic E-state index is 14.1. The number of aliphatic hydroxyl groups is 1. The molecule has 1 aliphatic rings. The Bertz CT molecular complexity index is 612. The minimum Gasteiger partial charge on any atom is -0.388 e. The second kappa shape index (κ2) is 6.04. The van der Waals surface area contributed by atoms with E-state index in [-0.39, 0.29) is 23.9 Å². The van der Waals surface area contributed by atoms with Crippen LogP contribution in [0.3, 0.4) is 0 Å². The summed E-state index contributed by atoms with van der Waals surface area (Å²) in [6.45, 7) is 5.34. The molecule has 0 saturated carbocycles. The number of amides is 2. The van der Waals surface area contributed by atoms with Crippen LogP contribution in [0.2, 0.25) is 0 Å². The molecule has 0 aliphatic carbocycles. The smallest absolute Gasteiger partial charge is 0.254 e. The number of benzene rings is 1. The molecule has 120 valence electrons. The molecule has 2 amide bonds. The lowest BCUT2D eigenvalue weighted by Crippen LogP contribution is -2.44. The van der Waals surface area contributed by atoms with Gasteiger partial charge in [-0.15, -0.1) is 0 Å². The minimum absolute atomic E-state index is 0.0385. The van der Waals surface area contributed by atoms with E-state index in [9.17, 15) is 19.1 Å². The van der Waals surface area contributed by atoms with Gasteiger partial charge in [0, 0.05) is 18.7 Å². The van der Waals surface area contributed by atoms with Gasteiger partial charge in [-0.25, -0.2) is 4.39 Å². The molecule has 5 nitrogen and oxygen atoms in total. The third kappa shape index (κ3) is 3.44. The molecule has 0 radical (unpaired) electrons. The van der Waals surface area contributed by atoms with Crippen LogP contribution in [0.25, 0.3) is 0 Å². The lowest BCUT2D eigenvalue weighted by atomic mass is 9.92. The van der Waals surface area contributed by atoms with Crippen molar-refractivity contribution in [1.82, 2.24) is 5.32 Å². The highest BCUT2D eigenvalue weighted by Gasteiger charge is 2.27. The number of rotatable bonds is 4. The molecule has 0 aromatic heterocycles. The summed E-state index contributed by atoms with van der Waals surface area (Å²) in [5, 5.41) is 15.3. The molecule has 2 rings (SSSR count). The normalized spacial score (nSPS) is 16.7. The topological polar surface area (TPSA) is 78.4 Å². The standard InChI is InChI=1S/C16H21FN2O3/c1-9(2)16(3,22)8-18-15(21)11-6-10-4-5-14(20)19-13(10)7-12(11)17/h6-7,9,22H,4-5,8H2,1-3H3,(H,18,21)(H,19,20). The van der Waals surface area contributed by atoms with E-state index < -0.39 is 17.3 Å². The summed E-state index contributed by atoms with van der Waals surface area (Å²) in [7, 11) is 0. The zero-order valence-electron chi connectivity index (χ0n) is 13.0. The molecular weight excluding hydrogens is 287 g/mol. The van der Waals surface area contributed by atoms with E-state index in [0.717, 1.165) is 5.56 Å². The Morgan fingerprint density at radius 1 is 1.45 bits per heavy atom. The Kier molecular flexibility index (Phi) is 4.51. The Morgan fingerprint density at radius 3 is 2.77 bits per heavy atom. The first-order valence-corrected chi connectivity index (χ1v) is 7.33. The summed E-state index contributed by atoms with van der Waals surface area (Å²) in [6.07, 6.45) is 0.799. The highest BCUT2D eigenvalue weighted by molar-refractivity contribution is 5.98. The van der Waals surface area contributed by atoms with Crippen molar-refractivity contribution in [3.63, 3.8) is 0 Å². The molecule has 1 aromatic rings. The van der Waals surface area contributed by atoms with Crippen molar-refractivity contribution in [2.75, 3.05) is 11.9 Å². The molecular formula is C16H21FN2O3. The molecule has 1 aliphatic heterocycles. The van der Waals surface area contributed by atoms with Crippen LogP contribution in [0.15, 0.2) is 12.1 Å².